The number of carbonyl (C=O) groups is 2. The number of amides is 1. The Labute approximate surface area is 183 Å². The molecule has 3 aromatic carbocycles. The number of phenolic OH excluding ortho intramolecular Hbond substituents is 1. The summed E-state index contributed by atoms with van der Waals surface area (Å²) < 4.78 is 5.20. The zero-order valence-electron chi connectivity index (χ0n) is 16.4. The zero-order valence-corrected chi connectivity index (χ0v) is 17.2. The quantitative estimate of drug-likeness (QED) is 0.353. The van der Waals surface area contributed by atoms with E-state index in [1.54, 1.807) is 60.7 Å². The first-order chi connectivity index (χ1) is 14.9. The third-order valence-corrected chi connectivity index (χ3v) is 5.33. The van der Waals surface area contributed by atoms with Crippen LogP contribution < -0.4 is 9.64 Å². The summed E-state index contributed by atoms with van der Waals surface area (Å²) in [5.41, 5.74) is 1.22. The van der Waals surface area contributed by atoms with Gasteiger partial charge >= 0.3 is 0 Å². The molecule has 0 aliphatic carbocycles. The normalized spacial score (nSPS) is 17.7. The Hall–Kier alpha value is -3.77. The van der Waals surface area contributed by atoms with Crippen LogP contribution in [-0.2, 0) is 9.59 Å². The second kappa shape index (κ2) is 8.16. The minimum atomic E-state index is -0.951. The van der Waals surface area contributed by atoms with E-state index in [0.717, 1.165) is 0 Å². The van der Waals surface area contributed by atoms with Crippen molar-refractivity contribution in [2.24, 2.45) is 0 Å². The van der Waals surface area contributed by atoms with Crippen molar-refractivity contribution in [1.82, 2.24) is 0 Å². The molecule has 4 rings (SSSR count). The van der Waals surface area contributed by atoms with Gasteiger partial charge in [-0.1, -0.05) is 54.1 Å². The maximum absolute atomic E-state index is 13.1. The van der Waals surface area contributed by atoms with Crippen molar-refractivity contribution in [3.05, 3.63) is 94.5 Å². The van der Waals surface area contributed by atoms with Crippen LogP contribution in [0.15, 0.2) is 78.4 Å². The van der Waals surface area contributed by atoms with E-state index in [0.29, 0.717) is 21.8 Å². The van der Waals surface area contributed by atoms with Crippen LogP contribution >= 0.6 is 11.6 Å². The lowest BCUT2D eigenvalue weighted by Crippen LogP contribution is -2.29. The van der Waals surface area contributed by atoms with Crippen molar-refractivity contribution in [1.29, 1.82) is 0 Å². The first-order valence-corrected chi connectivity index (χ1v) is 9.79. The standard InChI is InChI=1S/C24H18ClNO5/c1-31-19-12-15(10-11-18(19)27)21-20(22(28)14-6-3-2-4-7-14)23(29)24(30)26(21)17-9-5-8-16(25)13-17/h2-13,21,27-28H,1H3/b22-20+/t21-/m1/s1. The molecule has 1 saturated heterocycles. The topological polar surface area (TPSA) is 87.1 Å². The predicted octanol–water partition coefficient (Wildman–Crippen LogP) is 4.68. The summed E-state index contributed by atoms with van der Waals surface area (Å²) in [4.78, 5) is 27.4. The van der Waals surface area contributed by atoms with E-state index in [-0.39, 0.29) is 22.8 Å². The van der Waals surface area contributed by atoms with Gasteiger partial charge in [0.25, 0.3) is 11.7 Å². The molecule has 31 heavy (non-hydrogen) atoms. The second-order valence-electron chi connectivity index (χ2n) is 6.95. The molecule has 1 fully saturated rings. The minimum absolute atomic E-state index is 0.0658. The summed E-state index contributed by atoms with van der Waals surface area (Å²) in [5.74, 6) is -1.82. The maximum Gasteiger partial charge on any atom is 0.300 e. The number of Topliss-reactive ketones (excluding diaryl/α,β-unsaturated/α-hetero) is 1. The molecular weight excluding hydrogens is 418 g/mol. The number of hydrogen-bond donors (Lipinski definition) is 2. The van der Waals surface area contributed by atoms with E-state index in [1.165, 1.54) is 24.1 Å². The van der Waals surface area contributed by atoms with Gasteiger partial charge in [-0.15, -0.1) is 0 Å². The molecule has 1 aliphatic rings. The molecular formula is C24H18ClNO5. The average Bonchev–Trinajstić information content (AvgIpc) is 3.05. The van der Waals surface area contributed by atoms with Gasteiger partial charge in [0.15, 0.2) is 11.5 Å². The molecule has 156 valence electrons. The van der Waals surface area contributed by atoms with Crippen molar-refractivity contribution in [3.8, 4) is 11.5 Å². The van der Waals surface area contributed by atoms with Crippen molar-refractivity contribution < 1.29 is 24.5 Å². The second-order valence-corrected chi connectivity index (χ2v) is 7.38. The number of methoxy groups -OCH3 is 1. The van der Waals surface area contributed by atoms with Crippen LogP contribution in [0, 0.1) is 0 Å². The Morgan fingerprint density at radius 3 is 2.42 bits per heavy atom. The average molecular weight is 436 g/mol. The Kier molecular flexibility index (Phi) is 5.40. The van der Waals surface area contributed by atoms with Crippen molar-refractivity contribution in [2.45, 2.75) is 6.04 Å². The number of carbonyl (C=O) groups excluding carboxylic acids is 2. The molecule has 0 saturated carbocycles. The van der Waals surface area contributed by atoms with Gasteiger partial charge in [0, 0.05) is 16.3 Å². The third kappa shape index (κ3) is 3.62. The van der Waals surface area contributed by atoms with E-state index in [9.17, 15) is 19.8 Å². The fraction of sp³-hybridized carbons (Fsp3) is 0.0833. The number of hydrogen-bond acceptors (Lipinski definition) is 5. The molecule has 1 amide bonds. The van der Waals surface area contributed by atoms with Gasteiger partial charge in [0.05, 0.1) is 18.7 Å². The highest BCUT2D eigenvalue weighted by Gasteiger charge is 2.47. The number of aromatic hydroxyl groups is 1. The molecule has 7 heteroatoms. The summed E-state index contributed by atoms with van der Waals surface area (Å²) in [5, 5.41) is 21.4. The highest BCUT2D eigenvalue weighted by Crippen LogP contribution is 2.44. The lowest BCUT2D eigenvalue weighted by atomic mass is 9.95. The minimum Gasteiger partial charge on any atom is -0.507 e. The molecule has 6 nitrogen and oxygen atoms in total. The van der Waals surface area contributed by atoms with Crippen molar-refractivity contribution in [3.63, 3.8) is 0 Å². The van der Waals surface area contributed by atoms with Crippen LogP contribution in [-0.4, -0.2) is 29.0 Å². The Morgan fingerprint density at radius 1 is 1.00 bits per heavy atom. The molecule has 0 spiro atoms. The lowest BCUT2D eigenvalue weighted by Gasteiger charge is -2.26. The number of nitrogens with zero attached hydrogens (tertiary/aromatic N) is 1. The van der Waals surface area contributed by atoms with E-state index in [4.69, 9.17) is 16.3 Å². The molecule has 0 unspecified atom stereocenters. The SMILES string of the molecule is COc1cc([C@@H]2/C(=C(\O)c3ccccc3)C(=O)C(=O)N2c2cccc(Cl)c2)ccc1O. The van der Waals surface area contributed by atoms with E-state index in [2.05, 4.69) is 0 Å². The molecule has 1 aliphatic heterocycles. The Bertz CT molecular complexity index is 1210. The van der Waals surface area contributed by atoms with Crippen molar-refractivity contribution in [2.75, 3.05) is 12.0 Å². The number of phenols is 1. The molecule has 0 bridgehead atoms. The van der Waals surface area contributed by atoms with Crippen LogP contribution in [0.2, 0.25) is 5.02 Å². The van der Waals surface area contributed by atoms with Crippen LogP contribution in [0.3, 0.4) is 0 Å². The van der Waals surface area contributed by atoms with E-state index in [1.807, 2.05) is 0 Å². The van der Waals surface area contributed by atoms with Gasteiger partial charge in [-0.2, -0.15) is 0 Å². The molecule has 3 aromatic rings. The van der Waals surface area contributed by atoms with Gasteiger partial charge in [-0.05, 0) is 35.9 Å². The van der Waals surface area contributed by atoms with Crippen LogP contribution in [0.4, 0.5) is 5.69 Å². The Balaban J connectivity index is 1.98. The van der Waals surface area contributed by atoms with Gasteiger partial charge in [-0.25, -0.2) is 0 Å². The summed E-state index contributed by atoms with van der Waals surface area (Å²) >= 11 is 6.13. The largest absolute Gasteiger partial charge is 0.507 e. The van der Waals surface area contributed by atoms with E-state index < -0.39 is 17.7 Å². The summed E-state index contributed by atoms with van der Waals surface area (Å²) in [6.45, 7) is 0. The number of aliphatic hydroxyl groups is 1. The molecule has 1 heterocycles. The number of benzene rings is 3. The summed E-state index contributed by atoms with van der Waals surface area (Å²) in [6.07, 6.45) is 0. The maximum atomic E-state index is 13.1. The molecule has 0 radical (unpaired) electrons. The predicted molar refractivity (Wildman–Crippen MR) is 117 cm³/mol. The lowest BCUT2D eigenvalue weighted by molar-refractivity contribution is -0.132. The van der Waals surface area contributed by atoms with Gasteiger partial charge in [0.2, 0.25) is 0 Å². The number of anilines is 1. The highest BCUT2D eigenvalue weighted by atomic mass is 35.5. The molecule has 1 atom stereocenters. The van der Waals surface area contributed by atoms with Crippen LogP contribution in [0.25, 0.3) is 5.76 Å². The third-order valence-electron chi connectivity index (χ3n) is 5.10. The zero-order chi connectivity index (χ0) is 22.1. The highest BCUT2D eigenvalue weighted by molar-refractivity contribution is 6.51. The monoisotopic (exact) mass is 435 g/mol. The van der Waals surface area contributed by atoms with Gasteiger partial charge in [0.1, 0.15) is 5.76 Å². The first kappa shape index (κ1) is 20.5. The fourth-order valence-electron chi connectivity index (χ4n) is 3.66. The van der Waals surface area contributed by atoms with Crippen LogP contribution in [0.5, 0.6) is 11.5 Å². The molecule has 2 N–H and O–H groups in total. The summed E-state index contributed by atoms with van der Waals surface area (Å²) in [7, 11) is 1.40. The first-order valence-electron chi connectivity index (χ1n) is 9.41. The van der Waals surface area contributed by atoms with Gasteiger partial charge < -0.3 is 14.9 Å². The van der Waals surface area contributed by atoms with Gasteiger partial charge in [-0.3, -0.25) is 14.5 Å². The van der Waals surface area contributed by atoms with Crippen molar-refractivity contribution >= 4 is 34.7 Å². The Morgan fingerprint density at radius 2 is 1.74 bits per heavy atom. The van der Waals surface area contributed by atoms with E-state index >= 15 is 0 Å². The summed E-state index contributed by atoms with van der Waals surface area (Å²) in [6, 6.07) is 18.6. The number of ether oxygens (including phenoxy) is 1. The van der Waals surface area contributed by atoms with Crippen LogP contribution in [0.1, 0.15) is 17.2 Å². The number of halogens is 1. The number of rotatable bonds is 4. The number of ketones is 1. The number of aliphatic hydroxyl groups excluding tert-OH is 1. The smallest absolute Gasteiger partial charge is 0.300 e. The molecule has 0 aromatic heterocycles. The fourth-order valence-corrected chi connectivity index (χ4v) is 3.84.